The van der Waals surface area contributed by atoms with Gasteiger partial charge in [0.15, 0.2) is 0 Å². The number of ether oxygens (including phenoxy) is 2. The van der Waals surface area contributed by atoms with Gasteiger partial charge in [-0.3, -0.25) is 30.2 Å². The molecule has 3 N–H and O–H groups in total. The Labute approximate surface area is 168 Å². The van der Waals surface area contributed by atoms with Crippen LogP contribution in [-0.4, -0.2) is 36.9 Å². The predicted octanol–water partition coefficient (Wildman–Crippen LogP) is 1.91. The number of pyridine rings is 1. The first kappa shape index (κ1) is 21.7. The highest BCUT2D eigenvalue weighted by molar-refractivity contribution is 5.95. The SMILES string of the molecule is COc1ccc(NC(=O)CC(C)CC(=O)NNC(=O)c2cccnc2)c(OC)c1. The van der Waals surface area contributed by atoms with Crippen molar-refractivity contribution in [2.75, 3.05) is 19.5 Å². The molecule has 154 valence electrons. The summed E-state index contributed by atoms with van der Waals surface area (Å²) in [5.41, 5.74) is 5.49. The van der Waals surface area contributed by atoms with Crippen molar-refractivity contribution >= 4 is 23.4 Å². The number of rotatable bonds is 8. The molecule has 29 heavy (non-hydrogen) atoms. The number of nitrogens with zero attached hydrogens (tertiary/aromatic N) is 1. The molecule has 0 saturated heterocycles. The fraction of sp³-hybridized carbons (Fsp3) is 0.300. The number of hydrogen-bond donors (Lipinski definition) is 3. The van der Waals surface area contributed by atoms with Crippen molar-refractivity contribution in [3.8, 4) is 11.5 Å². The van der Waals surface area contributed by atoms with Crippen LogP contribution in [0.5, 0.6) is 11.5 Å². The van der Waals surface area contributed by atoms with Crippen LogP contribution in [-0.2, 0) is 9.59 Å². The number of carbonyl (C=O) groups excluding carboxylic acids is 3. The molecule has 0 saturated carbocycles. The van der Waals surface area contributed by atoms with Crippen molar-refractivity contribution in [3.63, 3.8) is 0 Å². The van der Waals surface area contributed by atoms with Crippen molar-refractivity contribution in [1.29, 1.82) is 0 Å². The van der Waals surface area contributed by atoms with E-state index in [0.29, 0.717) is 22.7 Å². The maximum absolute atomic E-state index is 12.3. The number of amides is 3. The van der Waals surface area contributed by atoms with Gasteiger partial charge in [-0.05, 0) is 30.2 Å². The van der Waals surface area contributed by atoms with Gasteiger partial charge in [-0.1, -0.05) is 6.92 Å². The summed E-state index contributed by atoms with van der Waals surface area (Å²) in [7, 11) is 3.04. The Kier molecular flexibility index (Phi) is 7.96. The largest absolute Gasteiger partial charge is 0.497 e. The van der Waals surface area contributed by atoms with E-state index in [1.807, 2.05) is 0 Å². The van der Waals surface area contributed by atoms with Gasteiger partial charge in [-0.25, -0.2) is 0 Å². The smallest absolute Gasteiger partial charge is 0.271 e. The van der Waals surface area contributed by atoms with Crippen LogP contribution in [0.2, 0.25) is 0 Å². The fourth-order valence-corrected chi connectivity index (χ4v) is 2.55. The molecule has 9 nitrogen and oxygen atoms in total. The zero-order valence-corrected chi connectivity index (χ0v) is 16.5. The Morgan fingerprint density at radius 1 is 1.03 bits per heavy atom. The third-order valence-electron chi connectivity index (χ3n) is 3.99. The third-order valence-corrected chi connectivity index (χ3v) is 3.99. The number of benzene rings is 1. The molecule has 0 aliphatic carbocycles. The molecule has 9 heteroatoms. The molecule has 0 aliphatic heterocycles. The van der Waals surface area contributed by atoms with E-state index in [9.17, 15) is 14.4 Å². The van der Waals surface area contributed by atoms with Gasteiger partial charge in [0.05, 0.1) is 25.5 Å². The highest BCUT2D eigenvalue weighted by atomic mass is 16.5. The van der Waals surface area contributed by atoms with Crippen LogP contribution in [0.15, 0.2) is 42.7 Å². The lowest BCUT2D eigenvalue weighted by molar-refractivity contribution is -0.123. The number of hydrazine groups is 1. The molecule has 1 atom stereocenters. The van der Waals surface area contributed by atoms with Crippen molar-refractivity contribution in [2.24, 2.45) is 5.92 Å². The second-order valence-electron chi connectivity index (χ2n) is 6.37. The van der Waals surface area contributed by atoms with Crippen molar-refractivity contribution in [2.45, 2.75) is 19.8 Å². The standard InChI is InChI=1S/C20H24N4O5/c1-13(10-19(26)23-24-20(27)14-5-4-8-21-12-14)9-18(25)22-16-7-6-15(28-2)11-17(16)29-3/h4-8,11-13H,9-10H2,1-3H3,(H,22,25)(H,23,26)(H,24,27). The Morgan fingerprint density at radius 2 is 1.79 bits per heavy atom. The highest BCUT2D eigenvalue weighted by Gasteiger charge is 2.16. The molecule has 3 amide bonds. The summed E-state index contributed by atoms with van der Waals surface area (Å²) in [5.74, 6) is -0.282. The molecule has 1 aromatic carbocycles. The van der Waals surface area contributed by atoms with Gasteiger partial charge in [0.2, 0.25) is 11.8 Å². The third kappa shape index (κ3) is 6.80. The average molecular weight is 400 g/mol. The van der Waals surface area contributed by atoms with E-state index in [1.165, 1.54) is 13.3 Å². The maximum atomic E-state index is 12.3. The van der Waals surface area contributed by atoms with E-state index in [2.05, 4.69) is 21.2 Å². The fourth-order valence-electron chi connectivity index (χ4n) is 2.55. The van der Waals surface area contributed by atoms with Crippen molar-refractivity contribution < 1.29 is 23.9 Å². The van der Waals surface area contributed by atoms with Gasteiger partial charge in [0, 0.05) is 31.3 Å². The van der Waals surface area contributed by atoms with E-state index in [-0.39, 0.29) is 24.7 Å². The molecule has 0 bridgehead atoms. The summed E-state index contributed by atoms with van der Waals surface area (Å²) in [4.78, 5) is 40.0. The second kappa shape index (κ2) is 10.6. The maximum Gasteiger partial charge on any atom is 0.271 e. The summed E-state index contributed by atoms with van der Waals surface area (Å²) in [6, 6.07) is 8.25. The molecule has 0 aliphatic rings. The predicted molar refractivity (Wildman–Crippen MR) is 106 cm³/mol. The lowest BCUT2D eigenvalue weighted by atomic mass is 10.0. The van der Waals surface area contributed by atoms with Crippen LogP contribution in [0.25, 0.3) is 0 Å². The first-order valence-electron chi connectivity index (χ1n) is 8.94. The molecule has 0 spiro atoms. The van der Waals surface area contributed by atoms with Crippen LogP contribution < -0.4 is 25.6 Å². The number of nitrogens with one attached hydrogen (secondary N) is 3. The van der Waals surface area contributed by atoms with E-state index < -0.39 is 11.8 Å². The molecule has 1 aromatic heterocycles. The Morgan fingerprint density at radius 3 is 2.45 bits per heavy atom. The summed E-state index contributed by atoms with van der Waals surface area (Å²) in [5, 5.41) is 2.76. The topological polar surface area (TPSA) is 119 Å². The van der Waals surface area contributed by atoms with Crippen LogP contribution >= 0.6 is 0 Å². The van der Waals surface area contributed by atoms with Gasteiger partial charge in [0.1, 0.15) is 11.5 Å². The van der Waals surface area contributed by atoms with Crippen molar-refractivity contribution in [1.82, 2.24) is 15.8 Å². The quantitative estimate of drug-likeness (QED) is 0.583. The van der Waals surface area contributed by atoms with Crippen LogP contribution in [0.4, 0.5) is 5.69 Å². The number of hydrogen-bond acceptors (Lipinski definition) is 6. The average Bonchev–Trinajstić information content (AvgIpc) is 2.72. The normalized spacial score (nSPS) is 11.1. The first-order valence-corrected chi connectivity index (χ1v) is 8.94. The lowest BCUT2D eigenvalue weighted by Gasteiger charge is -2.14. The summed E-state index contributed by atoms with van der Waals surface area (Å²) in [6.45, 7) is 1.77. The Balaban J connectivity index is 1.79. The minimum Gasteiger partial charge on any atom is -0.497 e. The molecule has 2 aromatic rings. The van der Waals surface area contributed by atoms with E-state index >= 15 is 0 Å². The van der Waals surface area contributed by atoms with Crippen LogP contribution in [0.1, 0.15) is 30.1 Å². The second-order valence-corrected chi connectivity index (χ2v) is 6.37. The number of carbonyl (C=O) groups is 3. The molecular weight excluding hydrogens is 376 g/mol. The zero-order chi connectivity index (χ0) is 21.2. The summed E-state index contributed by atoms with van der Waals surface area (Å²) in [6.07, 6.45) is 3.13. The van der Waals surface area contributed by atoms with Gasteiger partial charge < -0.3 is 14.8 Å². The number of aromatic nitrogens is 1. The van der Waals surface area contributed by atoms with Crippen LogP contribution in [0, 0.1) is 5.92 Å². The van der Waals surface area contributed by atoms with Gasteiger partial charge in [-0.2, -0.15) is 0 Å². The van der Waals surface area contributed by atoms with Crippen LogP contribution in [0.3, 0.4) is 0 Å². The minimum absolute atomic E-state index is 0.0699. The molecule has 0 fully saturated rings. The Bertz CT molecular complexity index is 857. The summed E-state index contributed by atoms with van der Waals surface area (Å²) < 4.78 is 10.4. The molecule has 1 unspecified atom stereocenters. The van der Waals surface area contributed by atoms with E-state index in [4.69, 9.17) is 9.47 Å². The zero-order valence-electron chi connectivity index (χ0n) is 16.5. The Hall–Kier alpha value is -3.62. The van der Waals surface area contributed by atoms with Crippen molar-refractivity contribution in [3.05, 3.63) is 48.3 Å². The number of methoxy groups -OCH3 is 2. The van der Waals surface area contributed by atoms with Gasteiger partial charge in [0.25, 0.3) is 5.91 Å². The minimum atomic E-state index is -0.469. The van der Waals surface area contributed by atoms with E-state index in [0.717, 1.165) is 0 Å². The molecular formula is C20H24N4O5. The van der Waals surface area contributed by atoms with E-state index in [1.54, 1.807) is 50.6 Å². The van der Waals surface area contributed by atoms with Gasteiger partial charge in [-0.15, -0.1) is 0 Å². The monoisotopic (exact) mass is 400 g/mol. The van der Waals surface area contributed by atoms with Gasteiger partial charge >= 0.3 is 0 Å². The lowest BCUT2D eigenvalue weighted by Crippen LogP contribution is -2.42. The summed E-state index contributed by atoms with van der Waals surface area (Å²) >= 11 is 0. The first-order chi connectivity index (χ1) is 13.9. The molecule has 2 rings (SSSR count). The molecule has 1 heterocycles. The number of anilines is 1. The highest BCUT2D eigenvalue weighted by Crippen LogP contribution is 2.29. The molecule has 0 radical (unpaired) electrons.